The van der Waals surface area contributed by atoms with E-state index < -0.39 is 18.3 Å². The van der Waals surface area contributed by atoms with Crippen molar-refractivity contribution in [3.8, 4) is 0 Å². The average Bonchev–Trinajstić information content (AvgIpc) is 2.78. The normalized spacial score (nSPS) is 22.9. The summed E-state index contributed by atoms with van der Waals surface area (Å²) in [5, 5.41) is 2.87. The SMILES string of the molecule is Cc1ccc2c(c1B1OC(C)(C)C(C)(C)O1)C(=O)NC2. The van der Waals surface area contributed by atoms with Gasteiger partial charge in [-0.05, 0) is 45.6 Å². The zero-order valence-corrected chi connectivity index (χ0v) is 12.7. The van der Waals surface area contributed by atoms with Gasteiger partial charge >= 0.3 is 7.12 Å². The molecule has 3 rings (SSSR count). The summed E-state index contributed by atoms with van der Waals surface area (Å²) in [6, 6.07) is 4.02. The molecule has 2 aliphatic rings. The molecular weight excluding hydrogens is 253 g/mol. The van der Waals surface area contributed by atoms with E-state index in [9.17, 15) is 4.79 Å². The molecule has 1 aromatic rings. The average molecular weight is 273 g/mol. The molecule has 0 bridgehead atoms. The van der Waals surface area contributed by atoms with Gasteiger partial charge in [0.2, 0.25) is 0 Å². The predicted octanol–water partition coefficient (Wildman–Crippen LogP) is 1.54. The summed E-state index contributed by atoms with van der Waals surface area (Å²) >= 11 is 0. The van der Waals surface area contributed by atoms with Crippen LogP contribution in [0.4, 0.5) is 0 Å². The van der Waals surface area contributed by atoms with Crippen molar-refractivity contribution in [2.75, 3.05) is 0 Å². The minimum absolute atomic E-state index is 0.0339. The number of benzene rings is 1. The number of hydrogen-bond donors (Lipinski definition) is 1. The molecule has 0 unspecified atom stereocenters. The Bertz CT molecular complexity index is 579. The molecule has 2 heterocycles. The monoisotopic (exact) mass is 273 g/mol. The predicted molar refractivity (Wildman–Crippen MR) is 78.1 cm³/mol. The molecule has 0 aliphatic carbocycles. The molecule has 20 heavy (non-hydrogen) atoms. The Kier molecular flexibility index (Phi) is 2.79. The van der Waals surface area contributed by atoms with Crippen LogP contribution in [-0.4, -0.2) is 24.2 Å². The van der Waals surface area contributed by atoms with Crippen molar-refractivity contribution in [3.63, 3.8) is 0 Å². The van der Waals surface area contributed by atoms with Crippen LogP contribution in [0, 0.1) is 6.92 Å². The van der Waals surface area contributed by atoms with Crippen LogP contribution in [0.5, 0.6) is 0 Å². The van der Waals surface area contributed by atoms with Gasteiger partial charge in [-0.3, -0.25) is 4.79 Å². The van der Waals surface area contributed by atoms with Crippen molar-refractivity contribution >= 4 is 18.5 Å². The summed E-state index contributed by atoms with van der Waals surface area (Å²) in [5.41, 5.74) is 2.84. The van der Waals surface area contributed by atoms with E-state index in [2.05, 4.69) is 5.32 Å². The molecule has 1 amide bonds. The summed E-state index contributed by atoms with van der Waals surface area (Å²) in [7, 11) is -0.487. The number of fused-ring (bicyclic) bond motifs is 1. The molecule has 0 atom stereocenters. The number of hydrogen-bond acceptors (Lipinski definition) is 3. The highest BCUT2D eigenvalue weighted by atomic mass is 16.7. The van der Waals surface area contributed by atoms with Gasteiger partial charge in [-0.15, -0.1) is 0 Å². The molecule has 0 aromatic heterocycles. The van der Waals surface area contributed by atoms with Crippen LogP contribution in [0.25, 0.3) is 0 Å². The number of aryl methyl sites for hydroxylation is 1. The van der Waals surface area contributed by atoms with E-state index >= 15 is 0 Å². The highest BCUT2D eigenvalue weighted by Gasteiger charge is 2.53. The molecule has 0 spiro atoms. The summed E-state index contributed by atoms with van der Waals surface area (Å²) in [6.45, 7) is 10.7. The van der Waals surface area contributed by atoms with E-state index in [0.29, 0.717) is 6.54 Å². The number of carbonyl (C=O) groups is 1. The Hall–Kier alpha value is -1.33. The molecule has 0 radical (unpaired) electrons. The molecule has 2 aliphatic heterocycles. The lowest BCUT2D eigenvalue weighted by molar-refractivity contribution is 0.00578. The Morgan fingerprint density at radius 1 is 1.15 bits per heavy atom. The first-order valence-electron chi connectivity index (χ1n) is 6.99. The summed E-state index contributed by atoms with van der Waals surface area (Å²) in [4.78, 5) is 12.1. The molecule has 5 heteroatoms. The Labute approximate surface area is 120 Å². The van der Waals surface area contributed by atoms with E-state index in [4.69, 9.17) is 9.31 Å². The van der Waals surface area contributed by atoms with Crippen LogP contribution >= 0.6 is 0 Å². The van der Waals surface area contributed by atoms with E-state index in [1.165, 1.54) is 0 Å². The first kappa shape index (κ1) is 13.6. The third kappa shape index (κ3) is 1.80. The minimum Gasteiger partial charge on any atom is -0.399 e. The van der Waals surface area contributed by atoms with E-state index in [1.54, 1.807) is 0 Å². The highest BCUT2D eigenvalue weighted by molar-refractivity contribution is 6.64. The van der Waals surface area contributed by atoms with Crippen molar-refractivity contribution in [2.45, 2.75) is 52.4 Å². The lowest BCUT2D eigenvalue weighted by atomic mass is 9.72. The van der Waals surface area contributed by atoms with Gasteiger partial charge in [0.15, 0.2) is 0 Å². The van der Waals surface area contributed by atoms with Crippen molar-refractivity contribution in [3.05, 3.63) is 28.8 Å². The Morgan fingerprint density at radius 2 is 1.75 bits per heavy atom. The van der Waals surface area contributed by atoms with Gasteiger partial charge in [0.25, 0.3) is 5.91 Å². The standard InChI is InChI=1S/C15H20BNO3/c1-9-6-7-10-8-17-13(18)11(10)12(9)16-19-14(2,3)15(4,5)20-16/h6-7H,8H2,1-5H3,(H,17,18). The summed E-state index contributed by atoms with van der Waals surface area (Å²) in [5.74, 6) is -0.0339. The number of nitrogens with one attached hydrogen (secondary N) is 1. The van der Waals surface area contributed by atoms with E-state index in [0.717, 1.165) is 22.2 Å². The third-order valence-corrected chi connectivity index (χ3v) is 4.71. The van der Waals surface area contributed by atoms with Gasteiger partial charge < -0.3 is 14.6 Å². The van der Waals surface area contributed by atoms with Gasteiger partial charge in [0.1, 0.15) is 0 Å². The maximum absolute atomic E-state index is 12.1. The highest BCUT2D eigenvalue weighted by Crippen LogP contribution is 2.37. The molecule has 106 valence electrons. The zero-order valence-electron chi connectivity index (χ0n) is 12.7. The maximum atomic E-state index is 12.1. The molecule has 1 N–H and O–H groups in total. The fraction of sp³-hybridized carbons (Fsp3) is 0.533. The van der Waals surface area contributed by atoms with Crippen LogP contribution < -0.4 is 10.8 Å². The van der Waals surface area contributed by atoms with Crippen LogP contribution in [-0.2, 0) is 15.9 Å². The first-order valence-corrected chi connectivity index (χ1v) is 6.99. The van der Waals surface area contributed by atoms with Gasteiger partial charge in [0, 0.05) is 12.1 Å². The smallest absolute Gasteiger partial charge is 0.399 e. The quantitative estimate of drug-likeness (QED) is 0.789. The second-order valence-corrected chi connectivity index (χ2v) is 6.60. The van der Waals surface area contributed by atoms with Crippen LogP contribution in [0.15, 0.2) is 12.1 Å². The first-order chi connectivity index (χ1) is 9.23. The molecule has 1 fully saturated rings. The minimum atomic E-state index is -0.487. The largest absolute Gasteiger partial charge is 0.495 e. The fourth-order valence-electron chi connectivity index (χ4n) is 2.71. The zero-order chi connectivity index (χ0) is 14.7. The topological polar surface area (TPSA) is 47.6 Å². The van der Waals surface area contributed by atoms with Gasteiger partial charge in [-0.1, -0.05) is 17.7 Å². The second-order valence-electron chi connectivity index (χ2n) is 6.60. The van der Waals surface area contributed by atoms with Crippen molar-refractivity contribution in [2.24, 2.45) is 0 Å². The van der Waals surface area contributed by atoms with Crippen LogP contribution in [0.1, 0.15) is 49.2 Å². The number of rotatable bonds is 1. The summed E-state index contributed by atoms with van der Waals surface area (Å²) in [6.07, 6.45) is 0. The molecule has 1 saturated heterocycles. The van der Waals surface area contributed by atoms with Crippen molar-refractivity contribution < 1.29 is 14.1 Å². The fourth-order valence-corrected chi connectivity index (χ4v) is 2.71. The van der Waals surface area contributed by atoms with E-state index in [-0.39, 0.29) is 5.91 Å². The second kappa shape index (κ2) is 4.09. The Balaban J connectivity index is 2.09. The maximum Gasteiger partial charge on any atom is 0.495 e. The summed E-state index contributed by atoms with van der Waals surface area (Å²) < 4.78 is 12.2. The van der Waals surface area contributed by atoms with E-state index in [1.807, 2.05) is 46.8 Å². The van der Waals surface area contributed by atoms with Gasteiger partial charge in [0.05, 0.1) is 11.2 Å². The Morgan fingerprint density at radius 3 is 2.35 bits per heavy atom. The molecule has 1 aromatic carbocycles. The number of carbonyl (C=O) groups excluding carboxylic acids is 1. The van der Waals surface area contributed by atoms with Gasteiger partial charge in [-0.25, -0.2) is 0 Å². The van der Waals surface area contributed by atoms with Crippen molar-refractivity contribution in [1.29, 1.82) is 0 Å². The lowest BCUT2D eigenvalue weighted by Crippen LogP contribution is -2.41. The molecule has 0 saturated carbocycles. The molecule has 4 nitrogen and oxygen atoms in total. The van der Waals surface area contributed by atoms with Crippen molar-refractivity contribution in [1.82, 2.24) is 5.32 Å². The van der Waals surface area contributed by atoms with Crippen LogP contribution in [0.2, 0.25) is 0 Å². The van der Waals surface area contributed by atoms with Crippen LogP contribution in [0.3, 0.4) is 0 Å². The third-order valence-electron chi connectivity index (χ3n) is 4.71. The van der Waals surface area contributed by atoms with Gasteiger partial charge in [-0.2, -0.15) is 0 Å². The molecular formula is C15H20BNO3. The number of amides is 1. The lowest BCUT2D eigenvalue weighted by Gasteiger charge is -2.32.